The predicted octanol–water partition coefficient (Wildman–Crippen LogP) is 3.15. The molecule has 0 saturated carbocycles. The summed E-state index contributed by atoms with van der Waals surface area (Å²) in [5.41, 5.74) is 3.61. The number of esters is 1. The van der Waals surface area contributed by atoms with Gasteiger partial charge in [-0.3, -0.25) is 9.59 Å². The van der Waals surface area contributed by atoms with Gasteiger partial charge in [-0.25, -0.2) is 5.43 Å². The van der Waals surface area contributed by atoms with Gasteiger partial charge in [0, 0.05) is 17.0 Å². The Balaban J connectivity index is 2.06. The second-order valence-electron chi connectivity index (χ2n) is 4.71. The van der Waals surface area contributed by atoms with Crippen LogP contribution in [0.4, 0.5) is 0 Å². The normalized spacial score (nSPS) is 10.5. The van der Waals surface area contributed by atoms with Crippen LogP contribution in [0.15, 0.2) is 52.0 Å². The van der Waals surface area contributed by atoms with E-state index in [0.717, 1.165) is 4.47 Å². The van der Waals surface area contributed by atoms with E-state index in [9.17, 15) is 9.59 Å². The molecule has 0 heterocycles. The van der Waals surface area contributed by atoms with Crippen LogP contribution in [-0.2, 0) is 4.79 Å². The van der Waals surface area contributed by atoms with E-state index in [1.165, 1.54) is 20.2 Å². The Morgan fingerprint density at radius 1 is 1.17 bits per heavy atom. The van der Waals surface area contributed by atoms with E-state index in [1.807, 2.05) is 6.07 Å². The Morgan fingerprint density at radius 2 is 1.96 bits per heavy atom. The van der Waals surface area contributed by atoms with Gasteiger partial charge in [0.05, 0.1) is 13.3 Å². The second kappa shape index (κ2) is 8.26. The summed E-state index contributed by atoms with van der Waals surface area (Å²) in [5.74, 6) is -0.0418. The third-order valence-electron chi connectivity index (χ3n) is 2.91. The molecule has 0 radical (unpaired) electrons. The monoisotopic (exact) mass is 390 g/mol. The number of amides is 1. The van der Waals surface area contributed by atoms with Gasteiger partial charge in [-0.15, -0.1) is 0 Å². The van der Waals surface area contributed by atoms with Crippen LogP contribution in [0.25, 0.3) is 0 Å². The maximum Gasteiger partial charge on any atom is 0.308 e. The number of rotatable bonds is 5. The summed E-state index contributed by atoms with van der Waals surface area (Å²) in [5, 5.41) is 3.91. The van der Waals surface area contributed by atoms with Crippen LogP contribution >= 0.6 is 15.9 Å². The number of ether oxygens (including phenoxy) is 2. The van der Waals surface area contributed by atoms with Crippen LogP contribution in [0, 0.1) is 0 Å². The van der Waals surface area contributed by atoms with Crippen molar-refractivity contribution in [2.45, 2.75) is 6.92 Å². The van der Waals surface area contributed by atoms with E-state index in [4.69, 9.17) is 9.47 Å². The standard InChI is InChI=1S/C17H15BrN2O4/c1-11(21)24-15-7-6-12(8-16(15)23-2)10-19-20-17(22)13-4-3-5-14(18)9-13/h3-10H,1-2H3,(H,20,22)/b19-10-. The molecule has 0 fully saturated rings. The number of nitrogens with zero attached hydrogens (tertiary/aromatic N) is 1. The first-order valence-corrected chi connectivity index (χ1v) is 7.74. The molecule has 2 aromatic rings. The molecule has 6 nitrogen and oxygen atoms in total. The molecule has 0 unspecified atom stereocenters. The van der Waals surface area contributed by atoms with Crippen molar-refractivity contribution >= 4 is 34.0 Å². The molecule has 0 spiro atoms. The maximum atomic E-state index is 12.0. The maximum absolute atomic E-state index is 12.0. The van der Waals surface area contributed by atoms with E-state index >= 15 is 0 Å². The van der Waals surface area contributed by atoms with Gasteiger partial charge in [0.2, 0.25) is 0 Å². The molecule has 0 atom stereocenters. The van der Waals surface area contributed by atoms with E-state index < -0.39 is 5.97 Å². The van der Waals surface area contributed by atoms with Gasteiger partial charge in [-0.2, -0.15) is 5.10 Å². The average molecular weight is 391 g/mol. The SMILES string of the molecule is COc1cc(/C=N\NC(=O)c2cccc(Br)c2)ccc1OC(C)=O. The largest absolute Gasteiger partial charge is 0.493 e. The topological polar surface area (TPSA) is 77.0 Å². The van der Waals surface area contributed by atoms with E-state index in [-0.39, 0.29) is 5.91 Å². The molecule has 0 aliphatic heterocycles. The summed E-state index contributed by atoms with van der Waals surface area (Å²) in [7, 11) is 1.47. The highest BCUT2D eigenvalue weighted by molar-refractivity contribution is 9.10. The van der Waals surface area contributed by atoms with Crippen LogP contribution in [0.2, 0.25) is 0 Å². The van der Waals surface area contributed by atoms with Gasteiger partial charge in [-0.1, -0.05) is 22.0 Å². The second-order valence-corrected chi connectivity index (χ2v) is 5.63. The Hall–Kier alpha value is -2.67. The van der Waals surface area contributed by atoms with Crippen molar-refractivity contribution in [1.29, 1.82) is 0 Å². The molecule has 0 aromatic heterocycles. The lowest BCUT2D eigenvalue weighted by molar-refractivity contribution is -0.132. The summed E-state index contributed by atoms with van der Waals surface area (Å²) in [6, 6.07) is 11.9. The van der Waals surface area contributed by atoms with Crippen molar-refractivity contribution in [2.24, 2.45) is 5.10 Å². The molecule has 0 aliphatic carbocycles. The van der Waals surface area contributed by atoms with Crippen molar-refractivity contribution in [3.05, 3.63) is 58.1 Å². The Labute approximate surface area is 147 Å². The van der Waals surface area contributed by atoms with Crippen LogP contribution in [-0.4, -0.2) is 25.2 Å². The number of carbonyl (C=O) groups excluding carboxylic acids is 2. The molecule has 24 heavy (non-hydrogen) atoms. The number of methoxy groups -OCH3 is 1. The summed E-state index contributed by atoms with van der Waals surface area (Å²) in [4.78, 5) is 23.0. The number of nitrogens with one attached hydrogen (secondary N) is 1. The zero-order valence-electron chi connectivity index (χ0n) is 13.1. The number of hydrogen-bond donors (Lipinski definition) is 1. The summed E-state index contributed by atoms with van der Waals surface area (Å²) in [6.07, 6.45) is 1.47. The number of carbonyl (C=O) groups is 2. The fraction of sp³-hybridized carbons (Fsp3) is 0.118. The summed E-state index contributed by atoms with van der Waals surface area (Å²) in [6.45, 7) is 1.31. The number of benzene rings is 2. The lowest BCUT2D eigenvalue weighted by atomic mass is 10.2. The van der Waals surface area contributed by atoms with Gasteiger partial charge >= 0.3 is 5.97 Å². The molecule has 0 bridgehead atoms. The Kier molecular flexibility index (Phi) is 6.08. The molecule has 1 N–H and O–H groups in total. The minimum Gasteiger partial charge on any atom is -0.493 e. The van der Waals surface area contributed by atoms with Crippen molar-refractivity contribution in [3.63, 3.8) is 0 Å². The summed E-state index contributed by atoms with van der Waals surface area (Å²) >= 11 is 3.31. The number of hydrogen-bond acceptors (Lipinski definition) is 5. The van der Waals surface area contributed by atoms with Crippen LogP contribution in [0.5, 0.6) is 11.5 Å². The summed E-state index contributed by atoms with van der Waals surface area (Å²) < 4.78 is 11.0. The number of halogens is 1. The van der Waals surface area contributed by atoms with E-state index in [1.54, 1.807) is 36.4 Å². The molecule has 2 rings (SSSR count). The fourth-order valence-corrected chi connectivity index (χ4v) is 2.26. The fourth-order valence-electron chi connectivity index (χ4n) is 1.86. The lowest BCUT2D eigenvalue weighted by Gasteiger charge is -2.08. The predicted molar refractivity (Wildman–Crippen MR) is 93.5 cm³/mol. The first-order valence-electron chi connectivity index (χ1n) is 6.95. The molecular formula is C17H15BrN2O4. The molecule has 2 aromatic carbocycles. The highest BCUT2D eigenvalue weighted by atomic mass is 79.9. The van der Waals surface area contributed by atoms with Crippen LogP contribution < -0.4 is 14.9 Å². The van der Waals surface area contributed by atoms with Crippen molar-refractivity contribution < 1.29 is 19.1 Å². The van der Waals surface area contributed by atoms with Crippen molar-refractivity contribution in [1.82, 2.24) is 5.43 Å². The molecule has 0 saturated heterocycles. The molecule has 7 heteroatoms. The van der Waals surface area contributed by atoms with Gasteiger partial charge in [0.1, 0.15) is 0 Å². The lowest BCUT2D eigenvalue weighted by Crippen LogP contribution is -2.17. The van der Waals surface area contributed by atoms with Crippen molar-refractivity contribution in [2.75, 3.05) is 7.11 Å². The van der Waals surface area contributed by atoms with E-state index in [2.05, 4.69) is 26.5 Å². The smallest absolute Gasteiger partial charge is 0.308 e. The Bertz CT molecular complexity index is 790. The van der Waals surface area contributed by atoms with Gasteiger partial charge < -0.3 is 9.47 Å². The van der Waals surface area contributed by atoms with Gasteiger partial charge in [0.25, 0.3) is 5.91 Å². The zero-order chi connectivity index (χ0) is 17.5. The minimum absolute atomic E-state index is 0.320. The van der Waals surface area contributed by atoms with Gasteiger partial charge in [0.15, 0.2) is 11.5 Å². The third kappa shape index (κ3) is 4.92. The highest BCUT2D eigenvalue weighted by Crippen LogP contribution is 2.27. The Morgan fingerprint density at radius 3 is 2.62 bits per heavy atom. The quantitative estimate of drug-likeness (QED) is 0.368. The van der Waals surface area contributed by atoms with Crippen molar-refractivity contribution in [3.8, 4) is 11.5 Å². The third-order valence-corrected chi connectivity index (χ3v) is 3.40. The number of hydrazone groups is 1. The highest BCUT2D eigenvalue weighted by Gasteiger charge is 2.08. The first kappa shape index (κ1) is 17.7. The first-order chi connectivity index (χ1) is 11.5. The zero-order valence-corrected chi connectivity index (χ0v) is 14.7. The van der Waals surface area contributed by atoms with E-state index in [0.29, 0.717) is 22.6 Å². The molecule has 1 amide bonds. The van der Waals surface area contributed by atoms with Gasteiger partial charge in [-0.05, 0) is 42.0 Å². The van der Waals surface area contributed by atoms with Crippen LogP contribution in [0.3, 0.4) is 0 Å². The van der Waals surface area contributed by atoms with Crippen LogP contribution in [0.1, 0.15) is 22.8 Å². The molecule has 0 aliphatic rings. The average Bonchev–Trinajstić information content (AvgIpc) is 2.55. The molecular weight excluding hydrogens is 376 g/mol. The minimum atomic E-state index is -0.434. The molecule has 124 valence electrons.